The summed E-state index contributed by atoms with van der Waals surface area (Å²) in [6, 6.07) is 8.68. The minimum Gasteiger partial charge on any atom is -0.385 e. The molecule has 1 heterocycles. The van der Waals surface area contributed by atoms with Crippen LogP contribution >= 0.6 is 11.8 Å². The Morgan fingerprint density at radius 2 is 2.11 bits per heavy atom. The van der Waals surface area contributed by atoms with E-state index in [-0.39, 0.29) is 0 Å². The number of nitrogens with zero attached hydrogens (tertiary/aromatic N) is 5. The molecule has 0 unspecified atom stereocenters. The van der Waals surface area contributed by atoms with E-state index in [1.165, 1.54) is 10.5 Å². The highest BCUT2D eigenvalue weighted by atomic mass is 32.2. The van der Waals surface area contributed by atoms with Gasteiger partial charge in [0.2, 0.25) is 0 Å². The van der Waals surface area contributed by atoms with Crippen molar-refractivity contribution >= 4 is 17.7 Å². The molecule has 2 rings (SSSR count). The molecule has 7 nitrogen and oxygen atoms in total. The van der Waals surface area contributed by atoms with Crippen molar-refractivity contribution in [2.24, 2.45) is 4.99 Å². The maximum Gasteiger partial charge on any atom is 0.194 e. The van der Waals surface area contributed by atoms with Gasteiger partial charge in [-0.3, -0.25) is 4.99 Å². The second-order valence-corrected chi connectivity index (χ2v) is 7.36. The van der Waals surface area contributed by atoms with Crippen LogP contribution in [0.2, 0.25) is 0 Å². The molecule has 1 N–H and O–H groups in total. The molecule has 0 saturated carbocycles. The smallest absolute Gasteiger partial charge is 0.194 e. The minimum atomic E-state index is 0.719. The zero-order valence-electron chi connectivity index (χ0n) is 17.4. The molecule has 154 valence electrons. The maximum absolute atomic E-state index is 5.13. The molecule has 1 aromatic heterocycles. The van der Waals surface area contributed by atoms with Crippen molar-refractivity contribution in [2.75, 3.05) is 40.1 Å². The lowest BCUT2D eigenvalue weighted by atomic mass is 10.2. The Bertz CT molecular complexity index is 716. The zero-order valence-corrected chi connectivity index (χ0v) is 18.2. The van der Waals surface area contributed by atoms with Gasteiger partial charge in [0, 0.05) is 58.3 Å². The van der Waals surface area contributed by atoms with Crippen molar-refractivity contribution in [2.45, 2.75) is 37.8 Å². The van der Waals surface area contributed by atoms with Crippen LogP contribution in [0.1, 0.15) is 24.7 Å². The van der Waals surface area contributed by atoms with E-state index in [4.69, 9.17) is 9.73 Å². The highest BCUT2D eigenvalue weighted by molar-refractivity contribution is 7.98. The van der Waals surface area contributed by atoms with Crippen LogP contribution in [-0.4, -0.2) is 65.7 Å². The van der Waals surface area contributed by atoms with Crippen LogP contribution in [-0.2, 0) is 24.2 Å². The molecule has 0 amide bonds. The minimum absolute atomic E-state index is 0.719. The fourth-order valence-electron chi connectivity index (χ4n) is 2.81. The third-order valence-electron chi connectivity index (χ3n) is 4.36. The molecule has 0 aliphatic heterocycles. The van der Waals surface area contributed by atoms with Gasteiger partial charge in [-0.1, -0.05) is 19.1 Å². The molecule has 0 fully saturated rings. The first-order chi connectivity index (χ1) is 13.7. The molecule has 1 aromatic carbocycles. The number of thioether (sulfide) groups is 1. The molecule has 0 aliphatic rings. The topological polar surface area (TPSA) is 67.6 Å². The van der Waals surface area contributed by atoms with E-state index >= 15 is 0 Å². The van der Waals surface area contributed by atoms with E-state index in [0.717, 1.165) is 57.4 Å². The Morgan fingerprint density at radius 3 is 2.79 bits per heavy atom. The molecule has 0 saturated heterocycles. The third-order valence-corrected chi connectivity index (χ3v) is 5.10. The van der Waals surface area contributed by atoms with Gasteiger partial charge in [0.15, 0.2) is 5.96 Å². The average molecular weight is 405 g/mol. The number of hydrogen-bond acceptors (Lipinski definition) is 5. The van der Waals surface area contributed by atoms with Crippen LogP contribution in [0.5, 0.6) is 0 Å². The average Bonchev–Trinajstić information content (AvgIpc) is 3.17. The number of ether oxygens (including phenoxy) is 1. The van der Waals surface area contributed by atoms with Gasteiger partial charge in [0.1, 0.15) is 12.2 Å². The van der Waals surface area contributed by atoms with Gasteiger partial charge in [-0.15, -0.1) is 22.0 Å². The van der Waals surface area contributed by atoms with Gasteiger partial charge in [0.25, 0.3) is 0 Å². The Morgan fingerprint density at radius 1 is 1.32 bits per heavy atom. The molecular weight excluding hydrogens is 372 g/mol. The highest BCUT2D eigenvalue weighted by Crippen LogP contribution is 2.15. The fraction of sp³-hybridized carbons (Fsp3) is 0.550. The van der Waals surface area contributed by atoms with Gasteiger partial charge < -0.3 is 19.5 Å². The Balaban J connectivity index is 1.96. The number of benzene rings is 1. The first-order valence-corrected chi connectivity index (χ1v) is 10.9. The molecule has 0 spiro atoms. The SMILES string of the molecule is CCc1nncn1CCNC(=NCCCOC)N(C)Cc1ccc(SC)cc1. The number of methoxy groups -OCH3 is 1. The predicted molar refractivity (Wildman–Crippen MR) is 116 cm³/mol. The van der Waals surface area contributed by atoms with E-state index < -0.39 is 0 Å². The van der Waals surface area contributed by atoms with Crippen molar-refractivity contribution in [1.29, 1.82) is 0 Å². The lowest BCUT2D eigenvalue weighted by Crippen LogP contribution is -2.40. The van der Waals surface area contributed by atoms with Crippen LogP contribution in [0.4, 0.5) is 0 Å². The van der Waals surface area contributed by atoms with Crippen molar-refractivity contribution < 1.29 is 4.74 Å². The summed E-state index contributed by atoms with van der Waals surface area (Å²) in [5, 5.41) is 11.6. The van der Waals surface area contributed by atoms with E-state index in [1.54, 1.807) is 25.2 Å². The van der Waals surface area contributed by atoms with Gasteiger partial charge in [-0.25, -0.2) is 0 Å². The summed E-state index contributed by atoms with van der Waals surface area (Å²) in [5.41, 5.74) is 1.26. The first-order valence-electron chi connectivity index (χ1n) is 9.66. The molecule has 0 radical (unpaired) electrons. The summed E-state index contributed by atoms with van der Waals surface area (Å²) in [5.74, 6) is 1.90. The zero-order chi connectivity index (χ0) is 20.2. The summed E-state index contributed by atoms with van der Waals surface area (Å²) in [7, 11) is 3.79. The number of guanidine groups is 1. The normalized spacial score (nSPS) is 11.6. The van der Waals surface area contributed by atoms with E-state index in [0.29, 0.717) is 0 Å². The fourth-order valence-corrected chi connectivity index (χ4v) is 3.22. The van der Waals surface area contributed by atoms with Crippen molar-refractivity contribution in [3.63, 3.8) is 0 Å². The third kappa shape index (κ3) is 7.16. The second kappa shape index (κ2) is 12.4. The van der Waals surface area contributed by atoms with Crippen LogP contribution in [0, 0.1) is 0 Å². The van der Waals surface area contributed by atoms with E-state index in [1.807, 2.05) is 0 Å². The predicted octanol–water partition coefficient (Wildman–Crippen LogP) is 2.68. The molecule has 0 aliphatic carbocycles. The van der Waals surface area contributed by atoms with Crippen molar-refractivity contribution in [3.8, 4) is 0 Å². The molecule has 0 bridgehead atoms. The Hall–Kier alpha value is -2.06. The molecule has 2 aromatic rings. The van der Waals surface area contributed by atoms with Crippen molar-refractivity contribution in [3.05, 3.63) is 42.0 Å². The van der Waals surface area contributed by atoms with Crippen LogP contribution in [0.15, 0.2) is 40.5 Å². The number of hydrogen-bond donors (Lipinski definition) is 1. The van der Waals surface area contributed by atoms with Crippen LogP contribution < -0.4 is 5.32 Å². The number of aryl methyl sites for hydroxylation is 1. The van der Waals surface area contributed by atoms with E-state index in [9.17, 15) is 0 Å². The monoisotopic (exact) mass is 404 g/mol. The van der Waals surface area contributed by atoms with Crippen molar-refractivity contribution in [1.82, 2.24) is 25.0 Å². The summed E-state index contributed by atoms with van der Waals surface area (Å²) in [6.45, 7) is 5.92. The number of aliphatic imine (C=N–C) groups is 1. The molecule has 0 atom stereocenters. The van der Waals surface area contributed by atoms with Crippen LogP contribution in [0.3, 0.4) is 0 Å². The number of nitrogens with one attached hydrogen (secondary N) is 1. The Kier molecular flexibility index (Phi) is 9.85. The van der Waals surface area contributed by atoms with Gasteiger partial charge in [-0.05, 0) is 30.4 Å². The van der Waals surface area contributed by atoms with Gasteiger partial charge in [0.05, 0.1) is 0 Å². The standard InChI is InChI=1S/C20H32N6OS/c1-5-19-24-23-16-26(19)13-12-22-20(21-11-6-14-27-3)25(2)15-17-7-9-18(28-4)10-8-17/h7-10,16H,5-6,11-15H2,1-4H3,(H,21,22). The molecular formula is C20H32N6OS. The first kappa shape index (κ1) is 22.2. The number of rotatable bonds is 11. The van der Waals surface area contributed by atoms with Gasteiger partial charge in [-0.2, -0.15) is 0 Å². The molecule has 28 heavy (non-hydrogen) atoms. The second-order valence-electron chi connectivity index (χ2n) is 6.48. The summed E-state index contributed by atoms with van der Waals surface area (Å²) < 4.78 is 7.21. The summed E-state index contributed by atoms with van der Waals surface area (Å²) in [4.78, 5) is 8.20. The van der Waals surface area contributed by atoms with Gasteiger partial charge >= 0.3 is 0 Å². The summed E-state index contributed by atoms with van der Waals surface area (Å²) >= 11 is 1.76. The Labute approximate surface area is 172 Å². The maximum atomic E-state index is 5.13. The largest absolute Gasteiger partial charge is 0.385 e. The quantitative estimate of drug-likeness (QED) is 0.269. The highest BCUT2D eigenvalue weighted by Gasteiger charge is 2.08. The molecule has 8 heteroatoms. The lowest BCUT2D eigenvalue weighted by molar-refractivity contribution is 0.197. The van der Waals surface area contributed by atoms with Crippen LogP contribution in [0.25, 0.3) is 0 Å². The lowest BCUT2D eigenvalue weighted by Gasteiger charge is -2.23. The van der Waals surface area contributed by atoms with E-state index in [2.05, 4.69) is 69.5 Å². The number of aromatic nitrogens is 3. The summed E-state index contributed by atoms with van der Waals surface area (Å²) in [6.07, 6.45) is 5.66.